The van der Waals surface area contributed by atoms with E-state index in [0.29, 0.717) is 16.4 Å². The van der Waals surface area contributed by atoms with Gasteiger partial charge in [0.2, 0.25) is 11.8 Å². The number of amides is 4. The number of thioether (sulfide) groups is 1. The Morgan fingerprint density at radius 3 is 2.55 bits per heavy atom. The number of carbonyl (C=O) groups is 4. The fourth-order valence-electron chi connectivity index (χ4n) is 3.57. The van der Waals surface area contributed by atoms with Crippen LogP contribution in [0.5, 0.6) is 0 Å². The van der Waals surface area contributed by atoms with Crippen molar-refractivity contribution in [3.8, 4) is 0 Å². The van der Waals surface area contributed by atoms with Crippen molar-refractivity contribution >= 4 is 46.2 Å². The minimum atomic E-state index is -0.533. The molecule has 3 rings (SSSR count). The Hall–Kier alpha value is -2.88. The van der Waals surface area contributed by atoms with Crippen molar-refractivity contribution in [2.75, 3.05) is 25.0 Å². The van der Waals surface area contributed by atoms with E-state index < -0.39 is 11.2 Å². The van der Waals surface area contributed by atoms with E-state index in [1.165, 1.54) is 24.2 Å². The smallest absolute Gasteiger partial charge is 0.262 e. The molecule has 1 fully saturated rings. The maximum Gasteiger partial charge on any atom is 0.262 e. The second-order valence-corrected chi connectivity index (χ2v) is 10.4. The third kappa shape index (κ3) is 7.59. The fraction of sp³-hybridized carbons (Fsp3) is 0.522. The molecule has 10 heteroatoms. The first-order valence-corrected chi connectivity index (χ1v) is 12.0. The highest BCUT2D eigenvalue weighted by molar-refractivity contribution is 8.15. The summed E-state index contributed by atoms with van der Waals surface area (Å²) in [5, 5.41) is 8.27. The average molecular weight is 474 g/mol. The molecule has 0 aromatic heterocycles. The van der Waals surface area contributed by atoms with Gasteiger partial charge in [0.05, 0.1) is 6.54 Å². The normalized spacial score (nSPS) is 18.5. The number of piperidine rings is 1. The Bertz CT molecular complexity index is 950. The summed E-state index contributed by atoms with van der Waals surface area (Å²) < 4.78 is 0. The van der Waals surface area contributed by atoms with Gasteiger partial charge in [0.1, 0.15) is 5.25 Å². The average Bonchev–Trinajstić information content (AvgIpc) is 3.11. The van der Waals surface area contributed by atoms with E-state index in [9.17, 15) is 19.2 Å². The van der Waals surface area contributed by atoms with Crippen LogP contribution in [-0.4, -0.2) is 64.1 Å². The maximum atomic E-state index is 12.5. The number of hydrogen-bond donors (Lipinski definition) is 3. The number of likely N-dealkylation sites (tertiary alicyclic amines) is 1. The van der Waals surface area contributed by atoms with Crippen molar-refractivity contribution in [1.29, 1.82) is 0 Å². The summed E-state index contributed by atoms with van der Waals surface area (Å²) in [6.45, 7) is 7.22. The van der Waals surface area contributed by atoms with Crippen molar-refractivity contribution in [1.82, 2.24) is 15.5 Å². The molecule has 9 nitrogen and oxygen atoms in total. The van der Waals surface area contributed by atoms with Crippen molar-refractivity contribution in [2.45, 2.75) is 57.2 Å². The lowest BCUT2D eigenvalue weighted by Gasteiger charge is -2.27. The largest absolute Gasteiger partial charge is 0.351 e. The zero-order valence-electron chi connectivity index (χ0n) is 19.3. The van der Waals surface area contributed by atoms with E-state index in [1.54, 1.807) is 18.2 Å². The van der Waals surface area contributed by atoms with Gasteiger partial charge in [-0.15, -0.1) is 0 Å². The van der Waals surface area contributed by atoms with Gasteiger partial charge in [-0.25, -0.2) is 0 Å². The van der Waals surface area contributed by atoms with Crippen LogP contribution in [0.1, 0.15) is 56.8 Å². The number of nitrogens with zero attached hydrogens (tertiary/aromatic N) is 2. The van der Waals surface area contributed by atoms with Gasteiger partial charge in [-0.2, -0.15) is 4.99 Å². The van der Waals surface area contributed by atoms with Gasteiger partial charge in [-0.05, 0) is 58.2 Å². The fourth-order valence-corrected chi connectivity index (χ4v) is 4.69. The summed E-state index contributed by atoms with van der Waals surface area (Å²) in [7, 11) is 0. The van der Waals surface area contributed by atoms with Crippen LogP contribution < -0.4 is 16.0 Å². The molecule has 4 amide bonds. The lowest BCUT2D eigenvalue weighted by molar-refractivity contribution is -0.121. The Kier molecular flexibility index (Phi) is 8.12. The molecular formula is C23H31N5O4S. The zero-order valence-corrected chi connectivity index (χ0v) is 20.1. The topological polar surface area (TPSA) is 120 Å². The van der Waals surface area contributed by atoms with E-state index in [0.717, 1.165) is 25.9 Å². The molecule has 178 valence electrons. The maximum absolute atomic E-state index is 12.5. The van der Waals surface area contributed by atoms with Gasteiger partial charge in [0.15, 0.2) is 5.17 Å². The Balaban J connectivity index is 1.49. The standard InChI is InChI=1S/C23H31N5O4S/c1-23(2,3)27-19(30)14-24-20(31)15-8-7-9-16(12-15)25-18(29)13-17-21(32)26-22(33-17)28-10-5-4-6-11-28/h7-9,12,17H,4-6,10-11,13-14H2,1-3H3,(H,24,31)(H,25,29)(H,27,30). The number of anilines is 1. The van der Waals surface area contributed by atoms with Gasteiger partial charge in [-0.1, -0.05) is 17.8 Å². The second-order valence-electron chi connectivity index (χ2n) is 9.20. The van der Waals surface area contributed by atoms with E-state index in [4.69, 9.17) is 0 Å². The van der Waals surface area contributed by atoms with Crippen molar-refractivity contribution in [3.63, 3.8) is 0 Å². The number of rotatable bonds is 6. The Morgan fingerprint density at radius 2 is 1.85 bits per heavy atom. The van der Waals surface area contributed by atoms with Gasteiger partial charge < -0.3 is 20.9 Å². The summed E-state index contributed by atoms with van der Waals surface area (Å²) in [4.78, 5) is 55.4. The first-order valence-electron chi connectivity index (χ1n) is 11.1. The van der Waals surface area contributed by atoms with Gasteiger partial charge >= 0.3 is 0 Å². The summed E-state index contributed by atoms with van der Waals surface area (Å²) in [5.41, 5.74) is 0.378. The van der Waals surface area contributed by atoms with Crippen molar-refractivity contribution in [2.24, 2.45) is 4.99 Å². The van der Waals surface area contributed by atoms with E-state index in [2.05, 4.69) is 25.8 Å². The summed E-state index contributed by atoms with van der Waals surface area (Å²) in [6, 6.07) is 6.45. The van der Waals surface area contributed by atoms with Crippen LogP contribution in [-0.2, 0) is 14.4 Å². The van der Waals surface area contributed by atoms with Crippen molar-refractivity contribution < 1.29 is 19.2 Å². The SMILES string of the molecule is CC(C)(C)NC(=O)CNC(=O)c1cccc(NC(=O)CC2SC(N3CCCCC3)=NC2=O)c1. The molecule has 1 atom stereocenters. The highest BCUT2D eigenvalue weighted by Crippen LogP contribution is 2.29. The number of aliphatic imine (C=N–C) groups is 1. The summed E-state index contributed by atoms with van der Waals surface area (Å²) in [6.07, 6.45) is 3.37. The lowest BCUT2D eigenvalue weighted by Crippen LogP contribution is -2.45. The van der Waals surface area contributed by atoms with Gasteiger partial charge in [0, 0.05) is 36.3 Å². The lowest BCUT2D eigenvalue weighted by atomic mass is 10.1. The van der Waals surface area contributed by atoms with Crippen molar-refractivity contribution in [3.05, 3.63) is 29.8 Å². The van der Waals surface area contributed by atoms with Crippen LogP contribution in [0, 0.1) is 0 Å². The zero-order chi connectivity index (χ0) is 24.0. The molecule has 0 radical (unpaired) electrons. The molecule has 0 spiro atoms. The van der Waals surface area contributed by atoms with Crippen LogP contribution >= 0.6 is 11.8 Å². The molecule has 3 N–H and O–H groups in total. The highest BCUT2D eigenvalue weighted by Gasteiger charge is 2.33. The molecule has 0 saturated carbocycles. The molecule has 1 aromatic carbocycles. The summed E-state index contributed by atoms with van der Waals surface area (Å²) in [5.74, 6) is -1.31. The molecule has 0 bridgehead atoms. The predicted molar refractivity (Wildman–Crippen MR) is 129 cm³/mol. The van der Waals surface area contributed by atoms with Crippen LogP contribution in [0.3, 0.4) is 0 Å². The number of carbonyl (C=O) groups excluding carboxylic acids is 4. The molecule has 2 heterocycles. The van der Waals surface area contributed by atoms with E-state index in [-0.39, 0.29) is 36.2 Å². The van der Waals surface area contributed by atoms with Gasteiger partial charge in [0.25, 0.3) is 11.8 Å². The van der Waals surface area contributed by atoms with Crippen LogP contribution in [0.2, 0.25) is 0 Å². The minimum Gasteiger partial charge on any atom is -0.351 e. The Morgan fingerprint density at radius 1 is 1.12 bits per heavy atom. The van der Waals surface area contributed by atoms with Gasteiger partial charge in [-0.3, -0.25) is 19.2 Å². The number of hydrogen-bond acceptors (Lipinski definition) is 6. The van der Waals surface area contributed by atoms with Crippen LogP contribution in [0.25, 0.3) is 0 Å². The number of amidine groups is 1. The molecule has 2 aliphatic rings. The molecule has 1 unspecified atom stereocenters. The quantitative estimate of drug-likeness (QED) is 0.582. The molecule has 2 aliphatic heterocycles. The molecule has 0 aliphatic carbocycles. The highest BCUT2D eigenvalue weighted by atomic mass is 32.2. The second kappa shape index (κ2) is 10.8. The number of benzene rings is 1. The van der Waals surface area contributed by atoms with Crippen LogP contribution in [0.15, 0.2) is 29.3 Å². The molecule has 1 aromatic rings. The van der Waals surface area contributed by atoms with Crippen LogP contribution in [0.4, 0.5) is 5.69 Å². The van der Waals surface area contributed by atoms with E-state index >= 15 is 0 Å². The third-order valence-electron chi connectivity index (χ3n) is 5.06. The first-order chi connectivity index (χ1) is 15.6. The Labute approximate surface area is 198 Å². The molecular weight excluding hydrogens is 442 g/mol. The third-order valence-corrected chi connectivity index (χ3v) is 6.27. The number of nitrogens with one attached hydrogen (secondary N) is 3. The predicted octanol–water partition coefficient (Wildman–Crippen LogP) is 2.14. The van der Waals surface area contributed by atoms with E-state index in [1.807, 2.05) is 20.8 Å². The molecule has 1 saturated heterocycles. The first kappa shape index (κ1) is 24.8. The molecule has 33 heavy (non-hydrogen) atoms. The monoisotopic (exact) mass is 473 g/mol. The minimum absolute atomic E-state index is 0.00768. The summed E-state index contributed by atoms with van der Waals surface area (Å²) >= 11 is 1.35.